The Morgan fingerprint density at radius 2 is 1.64 bits per heavy atom. The molecule has 1 saturated heterocycles. The van der Waals surface area contributed by atoms with Crippen molar-refractivity contribution in [3.63, 3.8) is 0 Å². The summed E-state index contributed by atoms with van der Waals surface area (Å²) in [4.78, 5) is 27.8. The van der Waals surface area contributed by atoms with Gasteiger partial charge in [0, 0.05) is 28.8 Å². The van der Waals surface area contributed by atoms with E-state index in [-0.39, 0.29) is 23.7 Å². The first-order chi connectivity index (χ1) is 15.9. The lowest BCUT2D eigenvalue weighted by Gasteiger charge is -2.31. The minimum atomic E-state index is -1.19. The number of hydrogen-bond acceptors (Lipinski definition) is 3. The smallest absolute Gasteiger partial charge is 0.250 e. The summed E-state index contributed by atoms with van der Waals surface area (Å²) in [6, 6.07) is 23.1. The molecule has 2 aliphatic rings. The molecule has 5 heteroatoms. The third kappa shape index (κ3) is 3.47. The number of nitrogens with one attached hydrogen (secondary N) is 2. The van der Waals surface area contributed by atoms with E-state index in [1.54, 1.807) is 0 Å². The minimum absolute atomic E-state index is 0.0845. The van der Waals surface area contributed by atoms with E-state index in [2.05, 4.69) is 24.5 Å². The monoisotopic (exact) mass is 442 g/mol. The van der Waals surface area contributed by atoms with Crippen molar-refractivity contribution in [3.8, 4) is 0 Å². The van der Waals surface area contributed by atoms with Crippen LogP contribution in [0.5, 0.6) is 0 Å². The maximum atomic E-state index is 14.1. The molecule has 168 valence electrons. The molecule has 0 saturated carbocycles. The van der Waals surface area contributed by atoms with Crippen LogP contribution in [-0.4, -0.2) is 17.7 Å². The van der Waals surface area contributed by atoms with E-state index in [0.29, 0.717) is 11.5 Å². The van der Waals surface area contributed by atoms with Crippen LogP contribution in [0.4, 0.5) is 10.1 Å². The van der Waals surface area contributed by atoms with Crippen LogP contribution in [-0.2, 0) is 10.3 Å². The van der Waals surface area contributed by atoms with E-state index in [1.165, 1.54) is 24.3 Å². The summed E-state index contributed by atoms with van der Waals surface area (Å²) in [6.07, 6.45) is 0.809. The van der Waals surface area contributed by atoms with Crippen molar-refractivity contribution in [1.29, 1.82) is 0 Å². The van der Waals surface area contributed by atoms with Gasteiger partial charge < -0.3 is 5.32 Å². The molecule has 0 bridgehead atoms. The maximum Gasteiger partial charge on any atom is 0.250 e. The van der Waals surface area contributed by atoms with E-state index in [9.17, 15) is 14.0 Å². The van der Waals surface area contributed by atoms with Gasteiger partial charge in [-0.05, 0) is 48.2 Å². The number of ketones is 1. The van der Waals surface area contributed by atoms with Gasteiger partial charge in [0.25, 0.3) is 0 Å². The highest BCUT2D eigenvalue weighted by Gasteiger charge is 2.64. The molecule has 1 spiro atoms. The van der Waals surface area contributed by atoms with E-state index in [4.69, 9.17) is 0 Å². The van der Waals surface area contributed by atoms with Gasteiger partial charge in [0.2, 0.25) is 5.91 Å². The molecule has 1 fully saturated rings. The number of amides is 1. The zero-order valence-electron chi connectivity index (χ0n) is 18.7. The van der Waals surface area contributed by atoms with Gasteiger partial charge in [-0.1, -0.05) is 62.4 Å². The number of carbonyl (C=O) groups excluding carboxylic acids is 2. The van der Waals surface area contributed by atoms with Crippen molar-refractivity contribution >= 4 is 17.4 Å². The van der Waals surface area contributed by atoms with Crippen LogP contribution in [0.15, 0.2) is 78.9 Å². The zero-order valence-corrected chi connectivity index (χ0v) is 18.7. The standard InChI is InChI=1S/C28H27FN2O2/c1-17(2)16-23-24(18-8-4-3-5-9-18)25(26(32)19-12-14-20(29)15-13-19)28(31-23)21-10-6-7-11-22(21)30-27(28)33/h3-15,17,23-25,31H,16H2,1-2H3,(H,30,33). The number of halogens is 1. The van der Waals surface area contributed by atoms with Crippen LogP contribution < -0.4 is 10.6 Å². The predicted molar refractivity (Wildman–Crippen MR) is 127 cm³/mol. The number of Topliss-reactive ketones (excluding diaryl/α,β-unsaturated/α-hetero) is 1. The minimum Gasteiger partial charge on any atom is -0.324 e. The quantitative estimate of drug-likeness (QED) is 0.529. The van der Waals surface area contributed by atoms with E-state index in [1.807, 2.05) is 54.6 Å². The lowest BCUT2D eigenvalue weighted by molar-refractivity contribution is -0.122. The molecule has 4 unspecified atom stereocenters. The Hall–Kier alpha value is -3.31. The molecule has 3 aromatic carbocycles. The van der Waals surface area contributed by atoms with E-state index in [0.717, 1.165) is 23.2 Å². The van der Waals surface area contributed by atoms with Crippen molar-refractivity contribution < 1.29 is 14.0 Å². The fourth-order valence-corrected chi connectivity index (χ4v) is 5.67. The van der Waals surface area contributed by atoms with Crippen LogP contribution in [0.2, 0.25) is 0 Å². The summed E-state index contributed by atoms with van der Waals surface area (Å²) in [5.74, 6) is -1.30. The molecule has 4 atom stereocenters. The molecule has 0 aromatic heterocycles. The van der Waals surface area contributed by atoms with Gasteiger partial charge in [-0.15, -0.1) is 0 Å². The number of para-hydroxylation sites is 1. The first-order valence-electron chi connectivity index (χ1n) is 11.4. The Balaban J connectivity index is 1.73. The average Bonchev–Trinajstić information content (AvgIpc) is 3.29. The van der Waals surface area contributed by atoms with Crippen LogP contribution in [0.25, 0.3) is 0 Å². The fraction of sp³-hybridized carbons (Fsp3) is 0.286. The van der Waals surface area contributed by atoms with Crippen molar-refractivity contribution in [2.24, 2.45) is 11.8 Å². The summed E-state index contributed by atoms with van der Waals surface area (Å²) in [7, 11) is 0. The summed E-state index contributed by atoms with van der Waals surface area (Å²) < 4.78 is 13.6. The third-order valence-electron chi connectivity index (χ3n) is 6.95. The SMILES string of the molecule is CC(C)CC1NC2(C(=O)Nc3ccccc32)C(C(=O)c2ccc(F)cc2)C1c1ccccc1. The molecular formula is C28H27FN2O2. The Morgan fingerprint density at radius 3 is 2.33 bits per heavy atom. The highest BCUT2D eigenvalue weighted by Crippen LogP contribution is 2.54. The zero-order chi connectivity index (χ0) is 23.2. The molecule has 1 amide bonds. The van der Waals surface area contributed by atoms with Gasteiger partial charge in [-0.25, -0.2) is 4.39 Å². The van der Waals surface area contributed by atoms with E-state index >= 15 is 0 Å². The van der Waals surface area contributed by atoms with Crippen LogP contribution in [0.3, 0.4) is 0 Å². The number of hydrogen-bond donors (Lipinski definition) is 2. The van der Waals surface area contributed by atoms with Crippen LogP contribution >= 0.6 is 0 Å². The van der Waals surface area contributed by atoms with Gasteiger partial charge in [0.1, 0.15) is 11.4 Å². The average molecular weight is 443 g/mol. The number of fused-ring (bicyclic) bond motifs is 2. The summed E-state index contributed by atoms with van der Waals surface area (Å²) in [6.45, 7) is 4.29. The van der Waals surface area contributed by atoms with E-state index < -0.39 is 17.3 Å². The first kappa shape index (κ1) is 21.5. The molecule has 2 N–H and O–H groups in total. The molecule has 0 radical (unpaired) electrons. The second-order valence-corrected chi connectivity index (χ2v) is 9.47. The lowest BCUT2D eigenvalue weighted by Crippen LogP contribution is -2.51. The lowest BCUT2D eigenvalue weighted by atomic mass is 9.69. The second kappa shape index (κ2) is 8.23. The summed E-state index contributed by atoms with van der Waals surface area (Å²) in [5, 5.41) is 6.67. The molecule has 2 aliphatic heterocycles. The van der Waals surface area contributed by atoms with Crippen molar-refractivity contribution in [1.82, 2.24) is 5.32 Å². The molecule has 0 aliphatic carbocycles. The highest BCUT2D eigenvalue weighted by atomic mass is 19.1. The molecule has 4 nitrogen and oxygen atoms in total. The van der Waals surface area contributed by atoms with Gasteiger partial charge in [0.05, 0.1) is 5.92 Å². The summed E-state index contributed by atoms with van der Waals surface area (Å²) >= 11 is 0. The first-order valence-corrected chi connectivity index (χ1v) is 11.4. The van der Waals surface area contributed by atoms with Crippen molar-refractivity contribution in [2.75, 3.05) is 5.32 Å². The van der Waals surface area contributed by atoms with Gasteiger partial charge in [-0.2, -0.15) is 0 Å². The summed E-state index contributed by atoms with van der Waals surface area (Å²) in [5.41, 5.74) is 1.75. The topological polar surface area (TPSA) is 58.2 Å². The van der Waals surface area contributed by atoms with Gasteiger partial charge in [-0.3, -0.25) is 14.9 Å². The van der Waals surface area contributed by atoms with Crippen LogP contribution in [0.1, 0.15) is 47.7 Å². The van der Waals surface area contributed by atoms with Gasteiger partial charge >= 0.3 is 0 Å². The van der Waals surface area contributed by atoms with Gasteiger partial charge in [0.15, 0.2) is 5.78 Å². The molecular weight excluding hydrogens is 415 g/mol. The van der Waals surface area contributed by atoms with Crippen LogP contribution in [0, 0.1) is 17.7 Å². The highest BCUT2D eigenvalue weighted by molar-refractivity contribution is 6.12. The maximum absolute atomic E-state index is 14.1. The number of benzene rings is 3. The molecule has 2 heterocycles. The van der Waals surface area contributed by atoms with Crippen molar-refractivity contribution in [3.05, 3.63) is 101 Å². The Labute approximate surface area is 193 Å². The Bertz CT molecular complexity index is 1190. The predicted octanol–water partition coefficient (Wildman–Crippen LogP) is 5.27. The largest absolute Gasteiger partial charge is 0.324 e. The Kier molecular flexibility index (Phi) is 5.37. The Morgan fingerprint density at radius 1 is 0.970 bits per heavy atom. The van der Waals surface area contributed by atoms with Crippen molar-refractivity contribution in [2.45, 2.75) is 37.8 Å². The molecule has 5 rings (SSSR count). The number of rotatable bonds is 5. The fourth-order valence-electron chi connectivity index (χ4n) is 5.67. The number of anilines is 1. The number of carbonyl (C=O) groups is 2. The molecule has 33 heavy (non-hydrogen) atoms. The molecule has 3 aromatic rings. The third-order valence-corrected chi connectivity index (χ3v) is 6.95. The normalized spacial score (nSPS) is 25.9. The second-order valence-electron chi connectivity index (χ2n) is 9.47.